The number of carboxylic acids is 1. The summed E-state index contributed by atoms with van der Waals surface area (Å²) < 4.78 is 67.9. The van der Waals surface area contributed by atoms with Crippen LogP contribution in [0.2, 0.25) is 0 Å². The number of benzene rings is 2. The van der Waals surface area contributed by atoms with E-state index >= 15 is 0 Å². The van der Waals surface area contributed by atoms with Crippen LogP contribution in [-0.2, 0) is 41.3 Å². The molecule has 0 fully saturated rings. The molecule has 16 nitrogen and oxygen atoms in total. The minimum Gasteiger partial charge on any atom is -0.744 e. The summed E-state index contributed by atoms with van der Waals surface area (Å²) in [6.45, 7) is -0.505. The number of amides is 1. The number of carbonyl (C=O) groups is 2. The van der Waals surface area contributed by atoms with Crippen LogP contribution in [0.1, 0.15) is 11.3 Å². The molecule has 0 aliphatic carbocycles. The average Bonchev–Trinajstić information content (AvgIpc) is 3.40. The van der Waals surface area contributed by atoms with Crippen LogP contribution in [0.4, 0.5) is 5.69 Å². The quantitative estimate of drug-likeness (QED) is 0.0645. The molecule has 0 saturated heterocycles. The van der Waals surface area contributed by atoms with Crippen molar-refractivity contribution in [1.82, 2.24) is 9.78 Å². The van der Waals surface area contributed by atoms with E-state index in [-0.39, 0.29) is 81.7 Å². The summed E-state index contributed by atoms with van der Waals surface area (Å²) in [5.74, 6) is -2.48. The maximum Gasteiger partial charge on any atom is 1.00 e. The molecule has 4 rings (SSSR count). The first-order valence-electron chi connectivity index (χ1n) is 11.0. The molecule has 20 heteroatoms. The number of hydrogen-bond acceptors (Lipinski definition) is 12. The predicted molar refractivity (Wildman–Crippen MR) is 136 cm³/mol. The van der Waals surface area contributed by atoms with Crippen molar-refractivity contribution in [3.63, 3.8) is 0 Å². The topological polar surface area (TPSA) is 252 Å². The molecule has 1 aliphatic heterocycles. The number of aromatic nitrogens is 2. The summed E-state index contributed by atoms with van der Waals surface area (Å²) in [7, 11) is -9.49. The molecule has 0 bridgehead atoms. The van der Waals surface area contributed by atoms with Crippen molar-refractivity contribution in [3.8, 4) is 5.69 Å². The Morgan fingerprint density at radius 2 is 1.44 bits per heavy atom. The number of carboxylic acid groups (broad SMARTS) is 1. The molecule has 3 N–H and O–H groups in total. The van der Waals surface area contributed by atoms with Crippen molar-refractivity contribution in [3.05, 3.63) is 87.9 Å². The van der Waals surface area contributed by atoms with Gasteiger partial charge in [-0.2, -0.15) is 10.1 Å². The molecular formula is C23H16N4Na2O12S2. The number of aliphatic carboxylic acids is 1. The number of hydrogen-bond donors (Lipinski definition) is 3. The van der Waals surface area contributed by atoms with E-state index in [1.807, 2.05) is 0 Å². The van der Waals surface area contributed by atoms with E-state index in [2.05, 4.69) is 15.1 Å². The molecule has 3 aromatic rings. The second-order valence-corrected chi connectivity index (χ2v) is 10.9. The fourth-order valence-corrected chi connectivity index (χ4v) is 4.62. The van der Waals surface area contributed by atoms with Gasteiger partial charge in [-0.25, -0.2) is 31.2 Å². The zero-order valence-corrected chi connectivity index (χ0v) is 27.8. The van der Waals surface area contributed by atoms with Crippen molar-refractivity contribution in [2.45, 2.75) is 16.4 Å². The van der Waals surface area contributed by atoms with Gasteiger partial charge in [-0.3, -0.25) is 19.9 Å². The van der Waals surface area contributed by atoms with E-state index in [1.54, 1.807) is 0 Å². The number of nitrogens with one attached hydrogen (secondary N) is 1. The molecule has 0 unspecified atom stereocenters. The maximum absolute atomic E-state index is 13.0. The molecule has 214 valence electrons. The van der Waals surface area contributed by atoms with Gasteiger partial charge in [0.1, 0.15) is 26.8 Å². The van der Waals surface area contributed by atoms with Crippen LogP contribution in [0.25, 0.3) is 11.8 Å². The fraction of sp³-hybridized carbons (Fsp3) is 0.0435. The van der Waals surface area contributed by atoms with Gasteiger partial charge in [0.25, 0.3) is 11.5 Å². The van der Waals surface area contributed by atoms with Gasteiger partial charge in [0, 0.05) is 0 Å². The van der Waals surface area contributed by atoms with Crippen molar-refractivity contribution in [2.24, 2.45) is 5.10 Å². The van der Waals surface area contributed by atoms with Gasteiger partial charge in [-0.1, -0.05) is 6.08 Å². The first kappa shape index (κ1) is 36.5. The molecule has 1 aliphatic rings. The van der Waals surface area contributed by atoms with E-state index in [4.69, 9.17) is 5.26 Å². The zero-order chi connectivity index (χ0) is 30.1. The smallest absolute Gasteiger partial charge is 0.744 e. The number of rotatable bonds is 9. The number of aromatic amines is 1. The monoisotopic (exact) mass is 650 g/mol. The summed E-state index contributed by atoms with van der Waals surface area (Å²) in [6.07, 6.45) is 3.39. The van der Waals surface area contributed by atoms with Gasteiger partial charge in [0.15, 0.2) is 5.71 Å². The van der Waals surface area contributed by atoms with Crippen molar-refractivity contribution >= 4 is 49.6 Å². The largest absolute Gasteiger partial charge is 1.00 e. The summed E-state index contributed by atoms with van der Waals surface area (Å²) in [4.78, 5) is 40.7. The number of anilines is 1. The van der Waals surface area contributed by atoms with E-state index < -0.39 is 65.4 Å². The molecular weight excluding hydrogens is 634 g/mol. The maximum atomic E-state index is 13.0. The predicted octanol–water partition coefficient (Wildman–Crippen LogP) is -5.60. The first-order chi connectivity index (χ1) is 19.2. The molecule has 1 amide bonds. The normalized spacial score (nSPS) is 14.5. The third-order valence-electron chi connectivity index (χ3n) is 5.57. The Morgan fingerprint density at radius 1 is 0.930 bits per heavy atom. The molecule has 0 radical (unpaired) electrons. The summed E-state index contributed by atoms with van der Waals surface area (Å²) in [5.41, 5.74) is -1.75. The molecule has 0 atom stereocenters. The van der Waals surface area contributed by atoms with Crippen LogP contribution in [0.3, 0.4) is 0 Å². The number of nitrogens with zero attached hydrogens (tertiary/aromatic N) is 3. The van der Waals surface area contributed by atoms with Gasteiger partial charge >= 0.3 is 65.1 Å². The first-order valence-corrected chi connectivity index (χ1v) is 13.8. The zero-order valence-electron chi connectivity index (χ0n) is 22.2. The average molecular weight is 651 g/mol. The standard InChI is InChI=1S/C23H18N4O12S2.2Na/c28-21-17(19(12-39-32)24-26(21)13-4-8-15(9-5-13)40(33,34)35)2-1-3-18-20(23(30)31)25-27(22(18)29)14-6-10-16(11-7-14)41(36,37)38;;/h1-11,24,32H,12H2,(H,30,31)(H,33,34,35)(H,36,37,38);;/q;2*+1/p-2/b2-1+,18-3+;;. The summed E-state index contributed by atoms with van der Waals surface area (Å²) >= 11 is 0. The minimum atomic E-state index is -4.76. The Kier molecular flexibility index (Phi) is 12.2. The molecule has 0 saturated carbocycles. The van der Waals surface area contributed by atoms with E-state index in [0.29, 0.717) is 5.01 Å². The van der Waals surface area contributed by atoms with E-state index in [1.165, 1.54) is 18.2 Å². The van der Waals surface area contributed by atoms with Gasteiger partial charge in [0.2, 0.25) is 0 Å². The van der Waals surface area contributed by atoms with Gasteiger partial charge in [0.05, 0.1) is 38.0 Å². The Balaban J connectivity index is 0.00000323. The Hall–Kier alpha value is -2.72. The van der Waals surface area contributed by atoms with Crippen LogP contribution in [0.15, 0.2) is 85.9 Å². The second kappa shape index (κ2) is 14.4. The number of H-pyrrole nitrogens is 1. The molecule has 0 spiro atoms. The van der Waals surface area contributed by atoms with Gasteiger partial charge in [-0.15, -0.1) is 0 Å². The number of hydrazone groups is 1. The van der Waals surface area contributed by atoms with Crippen molar-refractivity contribution < 1.29 is 110 Å². The molecule has 1 aromatic heterocycles. The van der Waals surface area contributed by atoms with Crippen molar-refractivity contribution in [2.75, 3.05) is 5.01 Å². The molecule has 43 heavy (non-hydrogen) atoms. The Morgan fingerprint density at radius 3 is 1.91 bits per heavy atom. The number of carbonyl (C=O) groups excluding carboxylic acids is 1. The van der Waals surface area contributed by atoms with Gasteiger partial charge < -0.3 is 14.2 Å². The van der Waals surface area contributed by atoms with E-state index in [9.17, 15) is 45.4 Å². The fourth-order valence-electron chi connectivity index (χ4n) is 3.68. The Labute approximate surface area is 287 Å². The van der Waals surface area contributed by atoms with E-state index in [0.717, 1.165) is 53.2 Å². The van der Waals surface area contributed by atoms with Crippen LogP contribution in [0.5, 0.6) is 0 Å². The summed E-state index contributed by atoms with van der Waals surface area (Å²) in [6, 6.07) is 8.38. The second-order valence-electron chi connectivity index (χ2n) is 8.12. The minimum absolute atomic E-state index is 0. The van der Waals surface area contributed by atoms with Crippen LogP contribution < -0.4 is 69.7 Å². The van der Waals surface area contributed by atoms with Crippen molar-refractivity contribution in [1.29, 1.82) is 0 Å². The Bertz CT molecular complexity index is 1910. The SMILES string of the molecule is O=C(O)C1=NN(c2ccc(S(=O)(=O)[O-])cc2)C(=O)/C1=C/C=C/c1c(COO)[nH]n(-c2ccc(S(=O)(=O)[O-])cc2)c1=O.[Na+].[Na+]. The number of allylic oxidation sites excluding steroid dienone is 2. The third kappa shape index (κ3) is 8.06. The van der Waals surface area contributed by atoms with Gasteiger partial charge in [-0.05, 0) is 60.7 Å². The molecule has 2 aromatic carbocycles. The third-order valence-corrected chi connectivity index (χ3v) is 7.27. The van der Waals surface area contributed by atoms with Crippen LogP contribution in [-0.4, -0.2) is 63.7 Å². The molecule has 2 heterocycles. The summed E-state index contributed by atoms with van der Waals surface area (Å²) in [5, 5.41) is 25.5. The van der Waals surface area contributed by atoms with Crippen LogP contribution in [0, 0.1) is 0 Å². The van der Waals surface area contributed by atoms with Crippen LogP contribution >= 0.6 is 0 Å².